The minimum Gasteiger partial charge on any atom is -0.242 e. The molecule has 2 unspecified atom stereocenters. The van der Waals surface area contributed by atoms with Crippen LogP contribution in [0.5, 0.6) is 0 Å². The van der Waals surface area contributed by atoms with Crippen molar-refractivity contribution in [3.8, 4) is 11.1 Å². The van der Waals surface area contributed by atoms with Gasteiger partial charge in [-0.2, -0.15) is 0 Å². The van der Waals surface area contributed by atoms with Crippen molar-refractivity contribution < 1.29 is 0 Å². The number of aryl methyl sites for hydroxylation is 2. The molecule has 5 rings (SSSR count). The molecule has 2 aliphatic carbocycles. The molecule has 3 aromatic rings. The number of benzene rings is 1. The number of aromatic nitrogens is 1. The zero-order chi connectivity index (χ0) is 19.5. The Morgan fingerprint density at radius 3 is 2.45 bits per heavy atom. The van der Waals surface area contributed by atoms with Gasteiger partial charge in [-0.05, 0) is 78.0 Å². The minimum absolute atomic E-state index is 0. The topological polar surface area (TPSA) is 12.9 Å². The fourth-order valence-corrected chi connectivity index (χ4v) is 6.72. The maximum absolute atomic E-state index is 5.27. The van der Waals surface area contributed by atoms with Crippen molar-refractivity contribution in [3.63, 3.8) is 0 Å². The zero-order valence-corrected chi connectivity index (χ0v) is 19.7. The van der Waals surface area contributed by atoms with Gasteiger partial charge in [-0.15, -0.1) is 23.7 Å². The van der Waals surface area contributed by atoms with Crippen LogP contribution in [0.3, 0.4) is 0 Å². The Morgan fingerprint density at radius 1 is 0.966 bits per heavy atom. The van der Waals surface area contributed by atoms with Crippen LogP contribution in [0, 0.1) is 17.3 Å². The maximum Gasteiger partial charge on any atom is 0.124 e. The molecule has 2 aromatic heterocycles. The number of hydrogen-bond acceptors (Lipinski definition) is 2. The van der Waals surface area contributed by atoms with Crippen LogP contribution in [0.2, 0.25) is 0 Å². The van der Waals surface area contributed by atoms with Crippen LogP contribution in [0.25, 0.3) is 21.3 Å². The van der Waals surface area contributed by atoms with E-state index in [1.165, 1.54) is 59.1 Å². The van der Waals surface area contributed by atoms with Gasteiger partial charge in [0.05, 0.1) is 0 Å². The molecule has 2 atom stereocenters. The van der Waals surface area contributed by atoms with E-state index < -0.39 is 0 Å². The second-order valence-corrected chi connectivity index (χ2v) is 11.2. The lowest BCUT2D eigenvalue weighted by Crippen LogP contribution is -2.27. The third kappa shape index (κ3) is 3.64. The van der Waals surface area contributed by atoms with E-state index in [1.54, 1.807) is 16.0 Å². The minimum atomic E-state index is 0. The predicted molar refractivity (Wildman–Crippen MR) is 128 cm³/mol. The van der Waals surface area contributed by atoms with Crippen LogP contribution in [0.15, 0.2) is 30.3 Å². The van der Waals surface area contributed by atoms with Gasteiger partial charge < -0.3 is 0 Å². The second kappa shape index (κ2) is 7.71. The van der Waals surface area contributed by atoms with E-state index >= 15 is 0 Å². The van der Waals surface area contributed by atoms with Gasteiger partial charge in [-0.3, -0.25) is 0 Å². The molecule has 0 amide bonds. The third-order valence-electron chi connectivity index (χ3n) is 7.10. The lowest BCUT2D eigenvalue weighted by Gasteiger charge is -2.35. The highest BCUT2D eigenvalue weighted by molar-refractivity contribution is 7.19. The molecule has 0 bridgehead atoms. The van der Waals surface area contributed by atoms with E-state index in [2.05, 4.69) is 58.0 Å². The third-order valence-corrected chi connectivity index (χ3v) is 8.25. The van der Waals surface area contributed by atoms with Crippen LogP contribution in [-0.4, -0.2) is 4.98 Å². The van der Waals surface area contributed by atoms with E-state index in [-0.39, 0.29) is 12.4 Å². The van der Waals surface area contributed by atoms with Crippen molar-refractivity contribution in [2.75, 3.05) is 0 Å². The Hall–Kier alpha value is -1.38. The number of thiophene rings is 1. The van der Waals surface area contributed by atoms with Crippen molar-refractivity contribution in [2.45, 2.75) is 66.2 Å². The molecule has 2 heterocycles. The summed E-state index contributed by atoms with van der Waals surface area (Å²) in [5, 5.41) is 1.49. The Labute approximate surface area is 185 Å². The average molecular weight is 426 g/mol. The SMILES string of the molecule is CC1CCc2c(sc3nc4c(c(-c5ccccc5)c23)CC(C(C)(C)C)CC4)C1.Cl. The fourth-order valence-electron chi connectivity index (χ4n) is 5.31. The number of halogens is 1. The van der Waals surface area contributed by atoms with Crippen LogP contribution in [-0.2, 0) is 25.7 Å². The van der Waals surface area contributed by atoms with Crippen LogP contribution in [0.4, 0.5) is 0 Å². The van der Waals surface area contributed by atoms with Crippen molar-refractivity contribution in [2.24, 2.45) is 17.3 Å². The molecular weight excluding hydrogens is 394 g/mol. The monoisotopic (exact) mass is 425 g/mol. The number of hydrogen-bond donors (Lipinski definition) is 0. The van der Waals surface area contributed by atoms with Crippen LogP contribution in [0.1, 0.15) is 62.2 Å². The summed E-state index contributed by atoms with van der Waals surface area (Å²) >= 11 is 1.98. The highest BCUT2D eigenvalue weighted by atomic mass is 35.5. The lowest BCUT2D eigenvalue weighted by atomic mass is 9.70. The summed E-state index contributed by atoms with van der Waals surface area (Å²) in [5.41, 5.74) is 7.79. The van der Waals surface area contributed by atoms with E-state index in [1.807, 2.05) is 11.3 Å². The van der Waals surface area contributed by atoms with Crippen molar-refractivity contribution in [3.05, 3.63) is 52.0 Å². The van der Waals surface area contributed by atoms with Gasteiger partial charge >= 0.3 is 0 Å². The first-order valence-electron chi connectivity index (χ1n) is 10.9. The van der Waals surface area contributed by atoms with Gasteiger partial charge in [0.1, 0.15) is 4.83 Å². The van der Waals surface area contributed by atoms with E-state index in [9.17, 15) is 0 Å². The molecule has 1 nitrogen and oxygen atoms in total. The maximum atomic E-state index is 5.27. The second-order valence-electron chi connectivity index (χ2n) is 10.1. The van der Waals surface area contributed by atoms with Crippen molar-refractivity contribution >= 4 is 34.0 Å². The fraction of sp³-hybridized carbons (Fsp3) is 0.500. The van der Waals surface area contributed by atoms with E-state index in [0.717, 1.165) is 18.3 Å². The highest BCUT2D eigenvalue weighted by Gasteiger charge is 2.33. The molecule has 0 aliphatic heterocycles. The average Bonchev–Trinajstić information content (AvgIpc) is 3.02. The van der Waals surface area contributed by atoms with Crippen molar-refractivity contribution in [1.29, 1.82) is 0 Å². The summed E-state index contributed by atoms with van der Waals surface area (Å²) in [6, 6.07) is 11.1. The first kappa shape index (κ1) is 20.9. The Bertz CT molecular complexity index is 1030. The molecule has 154 valence electrons. The van der Waals surface area contributed by atoms with Crippen LogP contribution >= 0.6 is 23.7 Å². The molecule has 0 N–H and O–H groups in total. The summed E-state index contributed by atoms with van der Waals surface area (Å²) in [6.07, 6.45) is 7.35. The Kier molecular flexibility index (Phi) is 5.55. The Balaban J connectivity index is 0.00000205. The molecule has 0 radical (unpaired) electrons. The quantitative estimate of drug-likeness (QED) is 0.389. The molecular formula is C26H32ClNS. The van der Waals surface area contributed by atoms with Gasteiger partial charge in [0.25, 0.3) is 0 Å². The zero-order valence-electron chi connectivity index (χ0n) is 18.0. The first-order valence-corrected chi connectivity index (χ1v) is 11.7. The summed E-state index contributed by atoms with van der Waals surface area (Å²) in [7, 11) is 0. The standard InChI is InChI=1S/C26H31NS.ClH/c1-16-10-12-19-22(14-16)28-25-24(19)23(17-8-6-5-7-9-17)20-15-18(26(2,3)4)11-13-21(20)27-25;/h5-9,16,18H,10-15H2,1-4H3;1H. The van der Waals surface area contributed by atoms with Crippen molar-refractivity contribution in [1.82, 2.24) is 4.98 Å². The normalized spacial score (nSPS) is 21.4. The first-order chi connectivity index (χ1) is 13.4. The number of pyridine rings is 1. The van der Waals surface area contributed by atoms with Crippen LogP contribution < -0.4 is 0 Å². The van der Waals surface area contributed by atoms with Gasteiger partial charge in [-0.25, -0.2) is 4.98 Å². The molecule has 29 heavy (non-hydrogen) atoms. The molecule has 0 saturated carbocycles. The van der Waals surface area contributed by atoms with Gasteiger partial charge in [0, 0.05) is 16.0 Å². The molecule has 1 aromatic carbocycles. The lowest BCUT2D eigenvalue weighted by molar-refractivity contribution is 0.215. The summed E-state index contributed by atoms with van der Waals surface area (Å²) in [6.45, 7) is 9.62. The van der Waals surface area contributed by atoms with E-state index in [4.69, 9.17) is 4.98 Å². The number of fused-ring (bicyclic) bond motifs is 4. The predicted octanol–water partition coefficient (Wildman–Crippen LogP) is 7.66. The van der Waals surface area contributed by atoms with Gasteiger partial charge in [0.15, 0.2) is 0 Å². The molecule has 0 spiro atoms. The summed E-state index contributed by atoms with van der Waals surface area (Å²) in [5.74, 6) is 1.54. The van der Waals surface area contributed by atoms with Gasteiger partial charge in [0.2, 0.25) is 0 Å². The molecule has 0 fully saturated rings. The smallest absolute Gasteiger partial charge is 0.124 e. The number of rotatable bonds is 1. The molecule has 3 heteroatoms. The van der Waals surface area contributed by atoms with Gasteiger partial charge in [-0.1, -0.05) is 58.0 Å². The highest BCUT2D eigenvalue weighted by Crippen LogP contribution is 2.47. The molecule has 2 aliphatic rings. The molecule has 0 saturated heterocycles. The Morgan fingerprint density at radius 2 is 1.72 bits per heavy atom. The summed E-state index contributed by atoms with van der Waals surface area (Å²) in [4.78, 5) is 8.17. The van der Waals surface area contributed by atoms with E-state index in [0.29, 0.717) is 5.41 Å². The number of nitrogens with zero attached hydrogens (tertiary/aromatic N) is 1. The largest absolute Gasteiger partial charge is 0.242 e. The summed E-state index contributed by atoms with van der Waals surface area (Å²) < 4.78 is 0.